The summed E-state index contributed by atoms with van der Waals surface area (Å²) in [7, 11) is -3.53. The molecule has 1 fully saturated rings. The third-order valence-corrected chi connectivity index (χ3v) is 5.95. The minimum atomic E-state index is -3.53. The van der Waals surface area contributed by atoms with Crippen molar-refractivity contribution in [2.45, 2.75) is 24.2 Å². The zero-order valence-corrected chi connectivity index (χ0v) is 12.9. The smallest absolute Gasteiger partial charge is 0.211 e. The fourth-order valence-electron chi connectivity index (χ4n) is 2.50. The van der Waals surface area contributed by atoms with Crippen molar-refractivity contribution in [1.82, 2.24) is 4.72 Å². The van der Waals surface area contributed by atoms with E-state index in [1.54, 1.807) is 0 Å². The van der Waals surface area contributed by atoms with Gasteiger partial charge in [0.25, 0.3) is 0 Å². The first kappa shape index (κ1) is 14.9. The minimum Gasteiger partial charge on any atom is -0.211 e. The van der Waals surface area contributed by atoms with E-state index in [-0.39, 0.29) is 4.90 Å². The second-order valence-corrected chi connectivity index (χ2v) is 7.33. The maximum atomic E-state index is 12.8. The first-order valence-electron chi connectivity index (χ1n) is 6.34. The van der Waals surface area contributed by atoms with Gasteiger partial charge in [-0.2, -0.15) is 0 Å². The summed E-state index contributed by atoms with van der Waals surface area (Å²) in [5.74, 6) is 0.486. The zero-order valence-electron chi connectivity index (χ0n) is 10.5. The molecule has 2 atom stereocenters. The van der Waals surface area contributed by atoms with Crippen molar-refractivity contribution >= 4 is 26.0 Å². The summed E-state index contributed by atoms with van der Waals surface area (Å²) in [5.41, 5.74) is 0. The molecule has 0 heterocycles. The standard InChI is InChI=1S/C13H17BrFNO2S/c14-8-10-2-1-3-11(10)9-16-19(17,18)13-6-4-12(15)5-7-13/h4-7,10-11,16H,1-3,8-9H2. The maximum Gasteiger partial charge on any atom is 0.240 e. The first-order chi connectivity index (χ1) is 9.03. The highest BCUT2D eigenvalue weighted by Crippen LogP contribution is 2.32. The zero-order chi connectivity index (χ0) is 13.9. The van der Waals surface area contributed by atoms with Crippen LogP contribution in [0.15, 0.2) is 29.2 Å². The van der Waals surface area contributed by atoms with E-state index in [2.05, 4.69) is 20.7 Å². The summed E-state index contributed by atoms with van der Waals surface area (Å²) >= 11 is 3.47. The summed E-state index contributed by atoms with van der Waals surface area (Å²) < 4.78 is 39.5. The van der Waals surface area contributed by atoms with E-state index in [1.807, 2.05) is 0 Å². The molecule has 2 rings (SSSR count). The van der Waals surface area contributed by atoms with Gasteiger partial charge in [-0.3, -0.25) is 0 Å². The third-order valence-electron chi connectivity index (χ3n) is 3.67. The van der Waals surface area contributed by atoms with Crippen LogP contribution in [0.5, 0.6) is 0 Å². The molecule has 1 saturated carbocycles. The monoisotopic (exact) mass is 349 g/mol. The number of nitrogens with one attached hydrogen (secondary N) is 1. The molecular weight excluding hydrogens is 333 g/mol. The summed E-state index contributed by atoms with van der Waals surface area (Å²) in [5, 5.41) is 0.913. The lowest BCUT2D eigenvalue weighted by atomic mass is 9.99. The Balaban J connectivity index is 2.00. The molecule has 1 aromatic rings. The highest BCUT2D eigenvalue weighted by molar-refractivity contribution is 9.09. The maximum absolute atomic E-state index is 12.8. The fourth-order valence-corrected chi connectivity index (χ4v) is 4.45. The van der Waals surface area contributed by atoms with E-state index < -0.39 is 15.8 Å². The van der Waals surface area contributed by atoms with Crippen LogP contribution in [0.2, 0.25) is 0 Å². The van der Waals surface area contributed by atoms with Crippen molar-refractivity contribution in [3.63, 3.8) is 0 Å². The molecule has 1 aliphatic rings. The molecular formula is C13H17BrFNO2S. The van der Waals surface area contributed by atoms with Gasteiger partial charge in [0.15, 0.2) is 0 Å². The molecule has 1 N–H and O–H groups in total. The lowest BCUT2D eigenvalue weighted by Crippen LogP contribution is -2.31. The van der Waals surface area contributed by atoms with E-state index >= 15 is 0 Å². The molecule has 0 aromatic heterocycles. The number of alkyl halides is 1. The van der Waals surface area contributed by atoms with E-state index in [4.69, 9.17) is 0 Å². The topological polar surface area (TPSA) is 46.2 Å². The van der Waals surface area contributed by atoms with Crippen LogP contribution in [0.1, 0.15) is 19.3 Å². The van der Waals surface area contributed by atoms with Crippen LogP contribution in [0.25, 0.3) is 0 Å². The van der Waals surface area contributed by atoms with Crippen LogP contribution in [0.3, 0.4) is 0 Å². The van der Waals surface area contributed by atoms with E-state index in [0.717, 1.165) is 36.7 Å². The Labute approximate surface area is 121 Å². The Morgan fingerprint density at radius 2 is 1.84 bits per heavy atom. The Morgan fingerprint density at radius 3 is 2.47 bits per heavy atom. The minimum absolute atomic E-state index is 0.113. The lowest BCUT2D eigenvalue weighted by molar-refractivity contribution is 0.422. The van der Waals surface area contributed by atoms with Crippen molar-refractivity contribution < 1.29 is 12.8 Å². The van der Waals surface area contributed by atoms with Gasteiger partial charge in [-0.15, -0.1) is 0 Å². The molecule has 19 heavy (non-hydrogen) atoms. The molecule has 1 aliphatic carbocycles. The van der Waals surface area contributed by atoms with Gasteiger partial charge >= 0.3 is 0 Å². The molecule has 0 saturated heterocycles. The van der Waals surface area contributed by atoms with Crippen LogP contribution in [-0.4, -0.2) is 20.3 Å². The highest BCUT2D eigenvalue weighted by Gasteiger charge is 2.27. The largest absolute Gasteiger partial charge is 0.240 e. The van der Waals surface area contributed by atoms with Gasteiger partial charge in [0.2, 0.25) is 10.0 Å². The van der Waals surface area contributed by atoms with Crippen molar-refractivity contribution in [2.24, 2.45) is 11.8 Å². The van der Waals surface area contributed by atoms with Crippen molar-refractivity contribution in [1.29, 1.82) is 0 Å². The molecule has 2 unspecified atom stereocenters. The van der Waals surface area contributed by atoms with Crippen LogP contribution in [0.4, 0.5) is 4.39 Å². The normalized spacial score (nSPS) is 23.7. The van der Waals surface area contributed by atoms with Gasteiger partial charge in [0, 0.05) is 11.9 Å². The summed E-state index contributed by atoms with van der Waals surface area (Å²) in [6, 6.07) is 4.89. The number of hydrogen-bond acceptors (Lipinski definition) is 2. The van der Waals surface area contributed by atoms with Crippen LogP contribution in [-0.2, 0) is 10.0 Å². The van der Waals surface area contributed by atoms with Crippen molar-refractivity contribution in [2.75, 3.05) is 11.9 Å². The second-order valence-electron chi connectivity index (χ2n) is 4.91. The Morgan fingerprint density at radius 1 is 1.21 bits per heavy atom. The van der Waals surface area contributed by atoms with Gasteiger partial charge in [0.05, 0.1) is 4.90 Å². The number of halogens is 2. The summed E-state index contributed by atoms with van der Waals surface area (Å²) in [6.07, 6.45) is 3.36. The number of sulfonamides is 1. The van der Waals surface area contributed by atoms with Crippen LogP contribution in [0, 0.1) is 17.7 Å². The third kappa shape index (κ3) is 3.77. The van der Waals surface area contributed by atoms with E-state index in [0.29, 0.717) is 18.4 Å². The SMILES string of the molecule is O=S(=O)(NCC1CCCC1CBr)c1ccc(F)cc1. The predicted octanol–water partition coefficient (Wildman–Crippen LogP) is 2.92. The molecule has 0 bridgehead atoms. The summed E-state index contributed by atoms with van der Waals surface area (Å²) in [6.45, 7) is 0.454. The average Bonchev–Trinajstić information content (AvgIpc) is 2.84. The summed E-state index contributed by atoms with van der Waals surface area (Å²) in [4.78, 5) is 0.113. The van der Waals surface area contributed by atoms with Gasteiger partial charge in [-0.1, -0.05) is 22.4 Å². The molecule has 0 aliphatic heterocycles. The predicted molar refractivity (Wildman–Crippen MR) is 76.2 cm³/mol. The lowest BCUT2D eigenvalue weighted by Gasteiger charge is -2.17. The highest BCUT2D eigenvalue weighted by atomic mass is 79.9. The number of hydrogen-bond donors (Lipinski definition) is 1. The molecule has 6 heteroatoms. The van der Waals surface area contributed by atoms with Gasteiger partial charge in [0.1, 0.15) is 5.82 Å². The fraction of sp³-hybridized carbons (Fsp3) is 0.538. The Hall–Kier alpha value is -0.460. The molecule has 3 nitrogen and oxygen atoms in total. The van der Waals surface area contributed by atoms with Gasteiger partial charge in [-0.05, 0) is 48.9 Å². The average molecular weight is 350 g/mol. The Bertz CT molecular complexity index is 518. The van der Waals surface area contributed by atoms with Crippen molar-refractivity contribution in [3.05, 3.63) is 30.1 Å². The van der Waals surface area contributed by atoms with Crippen LogP contribution >= 0.6 is 15.9 Å². The van der Waals surface area contributed by atoms with Crippen molar-refractivity contribution in [3.8, 4) is 0 Å². The van der Waals surface area contributed by atoms with Crippen LogP contribution < -0.4 is 4.72 Å². The quantitative estimate of drug-likeness (QED) is 0.830. The molecule has 0 radical (unpaired) electrons. The van der Waals surface area contributed by atoms with Gasteiger partial charge < -0.3 is 0 Å². The second kappa shape index (κ2) is 6.33. The van der Waals surface area contributed by atoms with E-state index in [9.17, 15) is 12.8 Å². The molecule has 0 spiro atoms. The van der Waals surface area contributed by atoms with Gasteiger partial charge in [-0.25, -0.2) is 17.5 Å². The first-order valence-corrected chi connectivity index (χ1v) is 8.94. The molecule has 1 aromatic carbocycles. The Kier molecular flexibility index (Phi) is 4.97. The molecule has 0 amide bonds. The number of rotatable bonds is 5. The molecule has 106 valence electrons. The number of benzene rings is 1. The van der Waals surface area contributed by atoms with E-state index in [1.165, 1.54) is 12.1 Å².